The predicted octanol–water partition coefficient (Wildman–Crippen LogP) is 3.66. The molecule has 0 amide bonds. The Hall–Kier alpha value is -2.43. The van der Waals surface area contributed by atoms with Gasteiger partial charge in [-0.15, -0.1) is 4.91 Å². The van der Waals surface area contributed by atoms with Crippen LogP contribution in [0.4, 0.5) is 21.5 Å². The van der Waals surface area contributed by atoms with Crippen LogP contribution in [0.15, 0.2) is 53.7 Å². The predicted molar refractivity (Wildman–Crippen MR) is 65.5 cm³/mol. The average molecular weight is 231 g/mol. The highest BCUT2D eigenvalue weighted by atomic mass is 19.1. The third-order valence-corrected chi connectivity index (χ3v) is 2.19. The smallest absolute Gasteiger partial charge is 0.132 e. The van der Waals surface area contributed by atoms with Crippen molar-refractivity contribution in [3.63, 3.8) is 0 Å². The molecule has 0 unspecified atom stereocenters. The SMILES string of the molecule is O=Nc1ccccc1NNc1ccc(F)cc1. The molecule has 0 aliphatic carbocycles. The molecule has 0 heterocycles. The number of nitrogens with zero attached hydrogens (tertiary/aromatic N) is 1. The zero-order chi connectivity index (χ0) is 12.1. The molecule has 0 saturated heterocycles. The zero-order valence-corrected chi connectivity index (χ0v) is 8.85. The fraction of sp³-hybridized carbons (Fsp3) is 0. The van der Waals surface area contributed by atoms with Crippen LogP contribution in [0.25, 0.3) is 0 Å². The van der Waals surface area contributed by atoms with E-state index in [4.69, 9.17) is 0 Å². The van der Waals surface area contributed by atoms with Crippen LogP contribution in [0.2, 0.25) is 0 Å². The van der Waals surface area contributed by atoms with E-state index in [1.807, 2.05) is 0 Å². The Bertz CT molecular complexity index is 513. The van der Waals surface area contributed by atoms with Gasteiger partial charge in [-0.2, -0.15) is 0 Å². The van der Waals surface area contributed by atoms with Crippen LogP contribution in [0, 0.1) is 10.7 Å². The highest BCUT2D eigenvalue weighted by Gasteiger charge is 2.00. The molecule has 0 aliphatic rings. The van der Waals surface area contributed by atoms with Crippen LogP contribution in [-0.4, -0.2) is 0 Å². The Labute approximate surface area is 97.4 Å². The third kappa shape index (κ3) is 2.78. The summed E-state index contributed by atoms with van der Waals surface area (Å²) in [6.07, 6.45) is 0. The largest absolute Gasteiger partial charge is 0.301 e. The van der Waals surface area contributed by atoms with E-state index in [2.05, 4.69) is 16.0 Å². The first-order valence-electron chi connectivity index (χ1n) is 4.99. The number of para-hydroxylation sites is 1. The number of anilines is 2. The van der Waals surface area contributed by atoms with Gasteiger partial charge in [0.2, 0.25) is 0 Å². The maximum absolute atomic E-state index is 12.7. The first kappa shape index (κ1) is 11.1. The van der Waals surface area contributed by atoms with Gasteiger partial charge in [0.05, 0.1) is 11.4 Å². The van der Waals surface area contributed by atoms with Crippen molar-refractivity contribution in [2.45, 2.75) is 0 Å². The molecule has 0 bridgehead atoms. The topological polar surface area (TPSA) is 53.5 Å². The highest BCUT2D eigenvalue weighted by molar-refractivity contribution is 5.67. The summed E-state index contributed by atoms with van der Waals surface area (Å²) in [5, 5.41) is 2.88. The van der Waals surface area contributed by atoms with Crippen molar-refractivity contribution in [2.24, 2.45) is 5.18 Å². The van der Waals surface area contributed by atoms with E-state index >= 15 is 0 Å². The molecule has 2 rings (SSSR count). The van der Waals surface area contributed by atoms with Crippen molar-refractivity contribution in [1.29, 1.82) is 0 Å². The maximum Gasteiger partial charge on any atom is 0.132 e. The molecule has 17 heavy (non-hydrogen) atoms. The van der Waals surface area contributed by atoms with E-state index in [-0.39, 0.29) is 5.82 Å². The first-order valence-corrected chi connectivity index (χ1v) is 4.99. The molecule has 86 valence electrons. The Morgan fingerprint density at radius 2 is 1.65 bits per heavy atom. The summed E-state index contributed by atoms with van der Waals surface area (Å²) in [7, 11) is 0. The molecule has 2 aromatic carbocycles. The zero-order valence-electron chi connectivity index (χ0n) is 8.85. The van der Waals surface area contributed by atoms with Gasteiger partial charge >= 0.3 is 0 Å². The lowest BCUT2D eigenvalue weighted by atomic mass is 10.3. The number of rotatable bonds is 4. The van der Waals surface area contributed by atoms with Crippen LogP contribution in [0.3, 0.4) is 0 Å². The van der Waals surface area contributed by atoms with Gasteiger partial charge in [0.25, 0.3) is 0 Å². The van der Waals surface area contributed by atoms with E-state index in [9.17, 15) is 9.30 Å². The van der Waals surface area contributed by atoms with Crippen molar-refractivity contribution in [2.75, 3.05) is 10.9 Å². The summed E-state index contributed by atoms with van der Waals surface area (Å²) in [6.45, 7) is 0. The Morgan fingerprint density at radius 3 is 2.35 bits per heavy atom. The summed E-state index contributed by atoms with van der Waals surface area (Å²) >= 11 is 0. The minimum Gasteiger partial charge on any atom is -0.301 e. The monoisotopic (exact) mass is 231 g/mol. The first-order chi connectivity index (χ1) is 8.29. The minimum absolute atomic E-state index is 0.300. The number of hydrogen-bond acceptors (Lipinski definition) is 4. The second-order valence-corrected chi connectivity index (χ2v) is 3.37. The van der Waals surface area contributed by atoms with Crippen LogP contribution < -0.4 is 10.9 Å². The fourth-order valence-electron chi connectivity index (χ4n) is 1.33. The lowest BCUT2D eigenvalue weighted by molar-refractivity contribution is 0.628. The molecule has 4 nitrogen and oxygen atoms in total. The lowest BCUT2D eigenvalue weighted by Crippen LogP contribution is -2.08. The quantitative estimate of drug-likeness (QED) is 0.623. The molecule has 0 aromatic heterocycles. The summed E-state index contributed by atoms with van der Waals surface area (Å²) in [6, 6.07) is 12.7. The van der Waals surface area contributed by atoms with Gasteiger partial charge in [0.1, 0.15) is 11.5 Å². The van der Waals surface area contributed by atoms with Crippen molar-refractivity contribution in [3.05, 3.63) is 59.3 Å². The summed E-state index contributed by atoms with van der Waals surface area (Å²) in [5.41, 5.74) is 7.24. The number of nitrogens with one attached hydrogen (secondary N) is 2. The Kier molecular flexibility index (Phi) is 3.30. The molecule has 2 N–H and O–H groups in total. The van der Waals surface area contributed by atoms with E-state index in [0.29, 0.717) is 17.1 Å². The Morgan fingerprint density at radius 1 is 0.941 bits per heavy atom. The van der Waals surface area contributed by atoms with Crippen molar-refractivity contribution >= 4 is 17.1 Å². The summed E-state index contributed by atoms with van der Waals surface area (Å²) in [4.78, 5) is 10.5. The van der Waals surface area contributed by atoms with Gasteiger partial charge in [-0.05, 0) is 41.6 Å². The second kappa shape index (κ2) is 5.07. The molecule has 0 fully saturated rings. The van der Waals surface area contributed by atoms with E-state index in [0.717, 1.165) is 0 Å². The number of halogens is 1. The van der Waals surface area contributed by atoms with Gasteiger partial charge in [0.15, 0.2) is 0 Å². The molecular formula is C12H10FN3O. The molecule has 0 saturated carbocycles. The van der Waals surface area contributed by atoms with Gasteiger partial charge in [-0.3, -0.25) is 5.43 Å². The van der Waals surface area contributed by atoms with Crippen molar-refractivity contribution in [1.82, 2.24) is 0 Å². The van der Waals surface area contributed by atoms with Crippen LogP contribution >= 0.6 is 0 Å². The summed E-state index contributed by atoms with van der Waals surface area (Å²) < 4.78 is 12.7. The lowest BCUT2D eigenvalue weighted by Gasteiger charge is -2.10. The normalized spacial score (nSPS) is 9.71. The molecule has 0 aliphatic heterocycles. The number of nitroso groups, excluding NO2 is 1. The average Bonchev–Trinajstić information content (AvgIpc) is 2.38. The summed E-state index contributed by atoms with van der Waals surface area (Å²) in [5.74, 6) is -0.300. The molecule has 0 spiro atoms. The second-order valence-electron chi connectivity index (χ2n) is 3.37. The van der Waals surface area contributed by atoms with Crippen molar-refractivity contribution in [3.8, 4) is 0 Å². The van der Waals surface area contributed by atoms with E-state index < -0.39 is 0 Å². The molecule has 0 atom stereocenters. The standard InChI is InChI=1S/C12H10FN3O/c13-9-5-7-10(8-6-9)14-15-11-3-1-2-4-12(11)16-17/h1-8,14-15H. The third-order valence-electron chi connectivity index (χ3n) is 2.19. The fourth-order valence-corrected chi connectivity index (χ4v) is 1.33. The minimum atomic E-state index is -0.300. The highest BCUT2D eigenvalue weighted by Crippen LogP contribution is 2.23. The van der Waals surface area contributed by atoms with Gasteiger partial charge in [-0.1, -0.05) is 12.1 Å². The number of hydrazine groups is 1. The molecule has 0 radical (unpaired) electrons. The van der Waals surface area contributed by atoms with Gasteiger partial charge < -0.3 is 5.43 Å². The van der Waals surface area contributed by atoms with Gasteiger partial charge in [0, 0.05) is 0 Å². The van der Waals surface area contributed by atoms with E-state index in [1.165, 1.54) is 12.1 Å². The van der Waals surface area contributed by atoms with Crippen LogP contribution in [0.5, 0.6) is 0 Å². The maximum atomic E-state index is 12.7. The molecule has 5 heteroatoms. The molecule has 2 aromatic rings. The number of hydrogen-bond donors (Lipinski definition) is 2. The Balaban J connectivity index is 2.07. The van der Waals surface area contributed by atoms with Crippen LogP contribution in [0.1, 0.15) is 0 Å². The van der Waals surface area contributed by atoms with Crippen molar-refractivity contribution < 1.29 is 4.39 Å². The van der Waals surface area contributed by atoms with Crippen LogP contribution in [-0.2, 0) is 0 Å². The molecular weight excluding hydrogens is 221 g/mol. The number of benzene rings is 2. The van der Waals surface area contributed by atoms with E-state index in [1.54, 1.807) is 36.4 Å². The van der Waals surface area contributed by atoms with Gasteiger partial charge in [-0.25, -0.2) is 4.39 Å².